The maximum atomic E-state index is 6.62. The summed E-state index contributed by atoms with van der Waals surface area (Å²) in [6.45, 7) is 2.99. The lowest BCUT2D eigenvalue weighted by molar-refractivity contribution is 0.0696. The van der Waals surface area contributed by atoms with E-state index in [0.29, 0.717) is 25.0 Å². The van der Waals surface area contributed by atoms with Crippen LogP contribution >= 0.6 is 11.6 Å². The van der Waals surface area contributed by atoms with Crippen molar-refractivity contribution in [2.24, 2.45) is 5.92 Å². The molecule has 2 aromatic rings. The molecule has 3 unspecified atom stereocenters. The van der Waals surface area contributed by atoms with Gasteiger partial charge in [0.15, 0.2) is 0 Å². The highest BCUT2D eigenvalue weighted by atomic mass is 35.5. The van der Waals surface area contributed by atoms with Gasteiger partial charge in [-0.05, 0) is 11.6 Å². The van der Waals surface area contributed by atoms with Gasteiger partial charge in [-0.3, -0.25) is 0 Å². The highest BCUT2D eigenvalue weighted by Crippen LogP contribution is 2.34. The van der Waals surface area contributed by atoms with Crippen LogP contribution in [0.5, 0.6) is 5.75 Å². The molecular weight excluding hydrogens is 322 g/mol. The van der Waals surface area contributed by atoms with E-state index >= 15 is 0 Å². The summed E-state index contributed by atoms with van der Waals surface area (Å²) in [6.07, 6.45) is 0. The van der Waals surface area contributed by atoms with Crippen molar-refractivity contribution in [3.63, 3.8) is 0 Å². The first-order chi connectivity index (χ1) is 11.8. The maximum absolute atomic E-state index is 6.62. The van der Waals surface area contributed by atoms with Gasteiger partial charge in [0.05, 0.1) is 25.7 Å². The molecule has 1 heterocycles. The molecule has 1 aliphatic rings. The molecule has 1 N–H and O–H groups in total. The van der Waals surface area contributed by atoms with E-state index in [1.165, 1.54) is 5.56 Å². The van der Waals surface area contributed by atoms with Gasteiger partial charge >= 0.3 is 0 Å². The van der Waals surface area contributed by atoms with Crippen LogP contribution < -0.4 is 10.1 Å². The predicted molar refractivity (Wildman–Crippen MR) is 97.8 cm³/mol. The molecule has 0 aliphatic carbocycles. The number of hydrogen-bond acceptors (Lipinski definition) is 3. The van der Waals surface area contributed by atoms with Crippen LogP contribution in [-0.4, -0.2) is 32.2 Å². The molecule has 3 atom stereocenters. The van der Waals surface area contributed by atoms with Gasteiger partial charge in [0.25, 0.3) is 0 Å². The Hall–Kier alpha value is -1.55. The molecule has 128 valence electrons. The van der Waals surface area contributed by atoms with Gasteiger partial charge < -0.3 is 14.8 Å². The summed E-state index contributed by atoms with van der Waals surface area (Å²) in [5, 5.41) is 3.50. The molecule has 1 fully saturated rings. The lowest BCUT2D eigenvalue weighted by Crippen LogP contribution is -2.44. The molecule has 1 aliphatic heterocycles. The fourth-order valence-electron chi connectivity index (χ4n) is 3.42. The number of para-hydroxylation sites is 1. The van der Waals surface area contributed by atoms with Gasteiger partial charge in [-0.2, -0.15) is 0 Å². The maximum Gasteiger partial charge on any atom is 0.124 e. The monoisotopic (exact) mass is 345 g/mol. The van der Waals surface area contributed by atoms with Gasteiger partial charge in [0.2, 0.25) is 0 Å². The SMILES string of the molecule is COc1ccccc1COCC1CNCC(Cl)C1c1ccccc1. The van der Waals surface area contributed by atoms with Crippen LogP contribution in [0.4, 0.5) is 0 Å². The Morgan fingerprint density at radius 3 is 2.58 bits per heavy atom. The van der Waals surface area contributed by atoms with Gasteiger partial charge in [-0.25, -0.2) is 0 Å². The van der Waals surface area contributed by atoms with E-state index in [0.717, 1.165) is 24.4 Å². The van der Waals surface area contributed by atoms with Crippen LogP contribution in [-0.2, 0) is 11.3 Å². The molecule has 4 heteroatoms. The van der Waals surface area contributed by atoms with Crippen molar-refractivity contribution in [1.82, 2.24) is 5.32 Å². The Morgan fingerprint density at radius 1 is 1.04 bits per heavy atom. The summed E-state index contributed by atoms with van der Waals surface area (Å²) in [5.41, 5.74) is 2.37. The minimum Gasteiger partial charge on any atom is -0.496 e. The number of methoxy groups -OCH3 is 1. The zero-order valence-electron chi connectivity index (χ0n) is 14.0. The average molecular weight is 346 g/mol. The van der Waals surface area contributed by atoms with E-state index in [1.807, 2.05) is 30.3 Å². The molecule has 0 aromatic heterocycles. The lowest BCUT2D eigenvalue weighted by atomic mass is 9.81. The van der Waals surface area contributed by atoms with Crippen molar-refractivity contribution in [2.75, 3.05) is 26.8 Å². The number of hydrogen-bond donors (Lipinski definition) is 1. The van der Waals surface area contributed by atoms with Crippen LogP contribution in [0.2, 0.25) is 0 Å². The molecule has 0 saturated carbocycles. The average Bonchev–Trinajstić information content (AvgIpc) is 2.63. The number of halogens is 1. The van der Waals surface area contributed by atoms with Gasteiger partial charge in [0.1, 0.15) is 5.75 Å². The standard InChI is InChI=1S/C20H24ClNO2/c1-23-19-10-6-5-9-16(19)13-24-14-17-11-22-12-18(21)20(17)15-7-3-2-4-8-15/h2-10,17-18,20,22H,11-14H2,1H3. The Labute approximate surface area is 148 Å². The van der Waals surface area contributed by atoms with E-state index in [1.54, 1.807) is 7.11 Å². The van der Waals surface area contributed by atoms with E-state index in [4.69, 9.17) is 21.1 Å². The normalized spacial score (nSPS) is 23.8. The number of alkyl halides is 1. The smallest absolute Gasteiger partial charge is 0.124 e. The van der Waals surface area contributed by atoms with Crippen LogP contribution in [0.3, 0.4) is 0 Å². The van der Waals surface area contributed by atoms with Gasteiger partial charge in [-0.1, -0.05) is 48.5 Å². The van der Waals surface area contributed by atoms with Crippen molar-refractivity contribution in [3.05, 3.63) is 65.7 Å². The zero-order valence-corrected chi connectivity index (χ0v) is 14.7. The second-order valence-corrected chi connectivity index (χ2v) is 6.76. The van der Waals surface area contributed by atoms with Crippen LogP contribution in [0.1, 0.15) is 17.0 Å². The first-order valence-corrected chi connectivity index (χ1v) is 8.82. The van der Waals surface area contributed by atoms with Gasteiger partial charge in [-0.15, -0.1) is 11.6 Å². The number of piperidine rings is 1. The van der Waals surface area contributed by atoms with Crippen molar-refractivity contribution in [2.45, 2.75) is 17.9 Å². The molecule has 0 spiro atoms. The third-order valence-corrected chi connectivity index (χ3v) is 5.04. The molecular formula is C20H24ClNO2. The Bertz CT molecular complexity index is 635. The summed E-state index contributed by atoms with van der Waals surface area (Å²) in [4.78, 5) is 0. The van der Waals surface area contributed by atoms with E-state index in [9.17, 15) is 0 Å². The molecule has 0 amide bonds. The van der Waals surface area contributed by atoms with Gasteiger partial charge in [0, 0.05) is 30.5 Å². The number of benzene rings is 2. The number of rotatable bonds is 6. The van der Waals surface area contributed by atoms with Crippen LogP contribution in [0.25, 0.3) is 0 Å². The summed E-state index contributed by atoms with van der Waals surface area (Å²) < 4.78 is 11.4. The first-order valence-electron chi connectivity index (χ1n) is 8.39. The summed E-state index contributed by atoms with van der Waals surface area (Å²) in [7, 11) is 1.69. The summed E-state index contributed by atoms with van der Waals surface area (Å²) in [5.74, 6) is 1.54. The Kier molecular flexibility index (Phi) is 6.13. The zero-order chi connectivity index (χ0) is 16.8. The molecule has 0 radical (unpaired) electrons. The van der Waals surface area contributed by atoms with E-state index < -0.39 is 0 Å². The third kappa shape index (κ3) is 4.10. The fourth-order valence-corrected chi connectivity index (χ4v) is 3.88. The van der Waals surface area contributed by atoms with Crippen molar-refractivity contribution in [1.29, 1.82) is 0 Å². The lowest BCUT2D eigenvalue weighted by Gasteiger charge is -2.36. The fraction of sp³-hybridized carbons (Fsp3) is 0.400. The Morgan fingerprint density at radius 2 is 1.79 bits per heavy atom. The number of nitrogens with one attached hydrogen (secondary N) is 1. The second-order valence-electron chi connectivity index (χ2n) is 6.20. The molecule has 1 saturated heterocycles. The molecule has 3 nitrogen and oxygen atoms in total. The molecule has 24 heavy (non-hydrogen) atoms. The minimum absolute atomic E-state index is 0.0843. The van der Waals surface area contributed by atoms with Crippen LogP contribution in [0, 0.1) is 5.92 Å². The van der Waals surface area contributed by atoms with E-state index in [2.05, 4.69) is 29.6 Å². The van der Waals surface area contributed by atoms with Crippen molar-refractivity contribution < 1.29 is 9.47 Å². The topological polar surface area (TPSA) is 30.5 Å². The number of ether oxygens (including phenoxy) is 2. The molecule has 2 aromatic carbocycles. The molecule has 0 bridgehead atoms. The summed E-state index contributed by atoms with van der Waals surface area (Å²) in [6, 6.07) is 18.5. The predicted octanol–water partition coefficient (Wildman–Crippen LogP) is 3.82. The quantitative estimate of drug-likeness (QED) is 0.807. The summed E-state index contributed by atoms with van der Waals surface area (Å²) >= 11 is 6.62. The largest absolute Gasteiger partial charge is 0.496 e. The highest BCUT2D eigenvalue weighted by molar-refractivity contribution is 6.21. The van der Waals surface area contributed by atoms with E-state index in [-0.39, 0.29) is 5.38 Å². The van der Waals surface area contributed by atoms with Crippen molar-refractivity contribution >= 4 is 11.6 Å². The Balaban J connectivity index is 1.64. The first kappa shape index (κ1) is 17.3. The second kappa shape index (κ2) is 8.52. The van der Waals surface area contributed by atoms with Crippen molar-refractivity contribution in [3.8, 4) is 5.75 Å². The molecule has 3 rings (SSSR count). The minimum atomic E-state index is 0.0843. The highest BCUT2D eigenvalue weighted by Gasteiger charge is 2.33. The van der Waals surface area contributed by atoms with Crippen LogP contribution in [0.15, 0.2) is 54.6 Å². The third-order valence-electron chi connectivity index (χ3n) is 4.61.